The molecular weight excluding hydrogens is 274 g/mol. The van der Waals surface area contributed by atoms with Crippen LogP contribution in [0.3, 0.4) is 0 Å². The van der Waals surface area contributed by atoms with E-state index in [1.165, 1.54) is 0 Å². The number of nitriles is 1. The molecule has 0 fully saturated rings. The van der Waals surface area contributed by atoms with Crippen molar-refractivity contribution in [2.45, 2.75) is 20.8 Å². The molecule has 0 aliphatic heterocycles. The van der Waals surface area contributed by atoms with Crippen LogP contribution in [-0.2, 0) is 11.8 Å². The highest BCUT2D eigenvalue weighted by Gasteiger charge is 2.17. The van der Waals surface area contributed by atoms with Crippen LogP contribution >= 0.6 is 0 Å². The molecular formula is C18H21N3O. The second-order valence-electron chi connectivity index (χ2n) is 5.22. The quantitative estimate of drug-likeness (QED) is 0.642. The Labute approximate surface area is 131 Å². The van der Waals surface area contributed by atoms with Gasteiger partial charge in [-0.3, -0.25) is 4.79 Å². The Balaban J connectivity index is 2.58. The third kappa shape index (κ3) is 2.62. The van der Waals surface area contributed by atoms with E-state index in [2.05, 4.69) is 10.6 Å². The van der Waals surface area contributed by atoms with Gasteiger partial charge < -0.3 is 9.47 Å². The fourth-order valence-corrected chi connectivity index (χ4v) is 2.70. The number of amides is 1. The molecule has 2 aromatic rings. The molecule has 0 saturated carbocycles. The predicted octanol–water partition coefficient (Wildman–Crippen LogP) is 3.26. The molecule has 1 aromatic heterocycles. The molecule has 0 aliphatic carbocycles. The Kier molecular flexibility index (Phi) is 4.67. The van der Waals surface area contributed by atoms with Gasteiger partial charge in [-0.25, -0.2) is 0 Å². The molecule has 0 bridgehead atoms. The fourth-order valence-electron chi connectivity index (χ4n) is 2.70. The number of fused-ring (bicyclic) bond motifs is 1. The van der Waals surface area contributed by atoms with Gasteiger partial charge in [-0.05, 0) is 32.9 Å². The number of aromatic nitrogens is 1. The number of rotatable bonds is 4. The van der Waals surface area contributed by atoms with Crippen molar-refractivity contribution in [2.24, 2.45) is 7.05 Å². The van der Waals surface area contributed by atoms with Crippen molar-refractivity contribution >= 4 is 22.9 Å². The first-order valence-corrected chi connectivity index (χ1v) is 7.50. The van der Waals surface area contributed by atoms with Crippen molar-refractivity contribution in [3.05, 3.63) is 41.1 Å². The minimum atomic E-state index is -0.208. The van der Waals surface area contributed by atoms with Crippen molar-refractivity contribution in [3.63, 3.8) is 0 Å². The number of hydrogen-bond acceptors (Lipinski definition) is 2. The first-order chi connectivity index (χ1) is 10.5. The van der Waals surface area contributed by atoms with Crippen LogP contribution in [0.4, 0.5) is 0 Å². The summed E-state index contributed by atoms with van der Waals surface area (Å²) in [4.78, 5) is 14.1. The van der Waals surface area contributed by atoms with Crippen LogP contribution in [0.15, 0.2) is 29.8 Å². The van der Waals surface area contributed by atoms with Gasteiger partial charge in [-0.15, -0.1) is 0 Å². The number of aryl methyl sites for hydroxylation is 1. The Morgan fingerprint density at radius 2 is 1.95 bits per heavy atom. The number of carbonyl (C=O) groups excluding carboxylic acids is 1. The average Bonchev–Trinajstić information content (AvgIpc) is 2.78. The molecule has 4 heteroatoms. The summed E-state index contributed by atoms with van der Waals surface area (Å²) in [5.74, 6) is -0.208. The van der Waals surface area contributed by atoms with Crippen LogP contribution < -0.4 is 0 Å². The fraction of sp³-hybridized carbons (Fsp3) is 0.333. The maximum atomic E-state index is 12.4. The van der Waals surface area contributed by atoms with Crippen LogP contribution in [0.1, 0.15) is 25.1 Å². The minimum absolute atomic E-state index is 0.183. The lowest BCUT2D eigenvalue weighted by atomic mass is 10.1. The summed E-state index contributed by atoms with van der Waals surface area (Å²) in [6.07, 6.45) is 1.72. The van der Waals surface area contributed by atoms with Gasteiger partial charge >= 0.3 is 0 Å². The lowest BCUT2D eigenvalue weighted by Crippen LogP contribution is -2.31. The van der Waals surface area contributed by atoms with E-state index in [0.29, 0.717) is 13.1 Å². The highest BCUT2D eigenvalue weighted by atomic mass is 16.2. The number of nitrogens with zero attached hydrogens (tertiary/aromatic N) is 3. The number of benzene rings is 1. The third-order valence-electron chi connectivity index (χ3n) is 4.14. The summed E-state index contributed by atoms with van der Waals surface area (Å²) in [7, 11) is 1.99. The lowest BCUT2D eigenvalue weighted by molar-refractivity contribution is -0.126. The van der Waals surface area contributed by atoms with Crippen molar-refractivity contribution < 1.29 is 4.79 Å². The zero-order valence-electron chi connectivity index (χ0n) is 13.6. The van der Waals surface area contributed by atoms with E-state index >= 15 is 0 Å². The molecule has 0 saturated heterocycles. The van der Waals surface area contributed by atoms with Crippen LogP contribution in [0.5, 0.6) is 0 Å². The zero-order valence-corrected chi connectivity index (χ0v) is 13.6. The normalized spacial score (nSPS) is 11.5. The number of carbonyl (C=O) groups is 1. The van der Waals surface area contributed by atoms with E-state index in [1.807, 2.05) is 52.1 Å². The maximum absolute atomic E-state index is 12.4. The summed E-state index contributed by atoms with van der Waals surface area (Å²) < 4.78 is 2.08. The molecule has 2 rings (SSSR count). The van der Waals surface area contributed by atoms with E-state index < -0.39 is 0 Å². The molecule has 1 aromatic carbocycles. The zero-order chi connectivity index (χ0) is 16.3. The Morgan fingerprint density at radius 3 is 2.55 bits per heavy atom. The minimum Gasteiger partial charge on any atom is -0.347 e. The maximum Gasteiger partial charge on any atom is 0.264 e. The van der Waals surface area contributed by atoms with E-state index in [0.717, 1.165) is 22.2 Å². The van der Waals surface area contributed by atoms with E-state index in [9.17, 15) is 10.1 Å². The molecule has 0 N–H and O–H groups in total. The van der Waals surface area contributed by atoms with Crippen LogP contribution in [0.2, 0.25) is 0 Å². The standard InChI is InChI=1S/C18H21N3O/c1-5-21(6-2)18(22)14(12-19)11-16-13(3)20(4)17-10-8-7-9-15(16)17/h7-11H,5-6H2,1-4H3/b14-11+. The number of likely N-dealkylation sites (N-methyl/N-ethyl adjacent to an activating group) is 1. The number of para-hydroxylation sites is 1. The molecule has 22 heavy (non-hydrogen) atoms. The van der Waals surface area contributed by atoms with Crippen LogP contribution in [0.25, 0.3) is 17.0 Å². The molecule has 114 valence electrons. The molecule has 0 spiro atoms. The summed E-state index contributed by atoms with van der Waals surface area (Å²) >= 11 is 0. The SMILES string of the molecule is CCN(CC)C(=O)/C(C#N)=C/c1c(C)n(C)c2ccccc12. The average molecular weight is 295 g/mol. The van der Waals surface area contributed by atoms with Crippen LogP contribution in [0, 0.1) is 18.3 Å². The van der Waals surface area contributed by atoms with Gasteiger partial charge in [0.05, 0.1) is 0 Å². The topological polar surface area (TPSA) is 49.0 Å². The molecule has 4 nitrogen and oxygen atoms in total. The van der Waals surface area contributed by atoms with Crippen molar-refractivity contribution in [1.82, 2.24) is 9.47 Å². The summed E-state index contributed by atoms with van der Waals surface area (Å²) in [6, 6.07) is 10.1. The lowest BCUT2D eigenvalue weighted by Gasteiger charge is -2.17. The molecule has 1 heterocycles. The van der Waals surface area contributed by atoms with Crippen molar-refractivity contribution in [2.75, 3.05) is 13.1 Å². The first kappa shape index (κ1) is 15.8. The van der Waals surface area contributed by atoms with Gasteiger partial charge in [0, 0.05) is 42.3 Å². The second-order valence-corrected chi connectivity index (χ2v) is 5.22. The molecule has 0 unspecified atom stereocenters. The highest BCUT2D eigenvalue weighted by Crippen LogP contribution is 2.27. The molecule has 1 amide bonds. The first-order valence-electron chi connectivity index (χ1n) is 7.50. The Bertz CT molecular complexity index is 773. The van der Waals surface area contributed by atoms with Crippen molar-refractivity contribution in [1.29, 1.82) is 5.26 Å². The van der Waals surface area contributed by atoms with Gasteiger partial charge in [0.25, 0.3) is 5.91 Å². The van der Waals surface area contributed by atoms with E-state index in [4.69, 9.17) is 0 Å². The monoisotopic (exact) mass is 295 g/mol. The predicted molar refractivity (Wildman–Crippen MR) is 89.2 cm³/mol. The molecule has 0 radical (unpaired) electrons. The second kappa shape index (κ2) is 6.48. The summed E-state index contributed by atoms with van der Waals surface area (Å²) in [6.45, 7) is 7.04. The summed E-state index contributed by atoms with van der Waals surface area (Å²) in [5.41, 5.74) is 3.26. The van der Waals surface area contributed by atoms with Crippen molar-refractivity contribution in [3.8, 4) is 6.07 Å². The Hall–Kier alpha value is -2.54. The summed E-state index contributed by atoms with van der Waals surface area (Å²) in [5, 5.41) is 10.5. The van der Waals surface area contributed by atoms with Gasteiger partial charge in [0.1, 0.15) is 11.6 Å². The van der Waals surface area contributed by atoms with Gasteiger partial charge in [-0.2, -0.15) is 5.26 Å². The smallest absolute Gasteiger partial charge is 0.264 e. The largest absolute Gasteiger partial charge is 0.347 e. The Morgan fingerprint density at radius 1 is 1.32 bits per heavy atom. The molecule has 0 atom stereocenters. The third-order valence-corrected chi connectivity index (χ3v) is 4.14. The van der Waals surface area contributed by atoms with Gasteiger partial charge in [-0.1, -0.05) is 18.2 Å². The number of hydrogen-bond donors (Lipinski definition) is 0. The van der Waals surface area contributed by atoms with Gasteiger partial charge in [0.15, 0.2) is 0 Å². The van der Waals surface area contributed by atoms with Crippen LogP contribution in [-0.4, -0.2) is 28.5 Å². The van der Waals surface area contributed by atoms with E-state index in [1.54, 1.807) is 11.0 Å². The molecule has 0 aliphatic rings. The highest BCUT2D eigenvalue weighted by molar-refractivity contribution is 6.04. The van der Waals surface area contributed by atoms with Gasteiger partial charge in [0.2, 0.25) is 0 Å². The van der Waals surface area contributed by atoms with E-state index in [-0.39, 0.29) is 11.5 Å².